The fourth-order valence-electron chi connectivity index (χ4n) is 2.58. The van der Waals surface area contributed by atoms with Crippen LogP contribution in [0.15, 0.2) is 53.5 Å². The van der Waals surface area contributed by atoms with Crippen LogP contribution in [0.5, 0.6) is 5.75 Å². The highest BCUT2D eigenvalue weighted by Gasteiger charge is 2.01. The lowest BCUT2D eigenvalue weighted by atomic mass is 10.1. The molecule has 2 N–H and O–H groups in total. The molecule has 0 aliphatic heterocycles. The minimum absolute atomic E-state index is 0.585. The highest BCUT2D eigenvalue weighted by molar-refractivity contribution is 5.79. The fraction of sp³-hybridized carbons (Fsp3) is 0.381. The number of rotatable bonds is 8. The number of aryl methyl sites for hydroxylation is 1. The lowest BCUT2D eigenvalue weighted by molar-refractivity contribution is 0.322. The molecule has 0 aliphatic rings. The molecule has 26 heavy (non-hydrogen) atoms. The summed E-state index contributed by atoms with van der Waals surface area (Å²) in [6, 6.07) is 16.7. The van der Waals surface area contributed by atoms with E-state index in [4.69, 9.17) is 4.74 Å². The van der Waals surface area contributed by atoms with Crippen LogP contribution in [0, 0.1) is 6.92 Å². The van der Waals surface area contributed by atoms with Gasteiger partial charge < -0.3 is 20.3 Å². The minimum Gasteiger partial charge on any atom is -0.492 e. The van der Waals surface area contributed by atoms with Gasteiger partial charge >= 0.3 is 0 Å². The van der Waals surface area contributed by atoms with Gasteiger partial charge in [0.05, 0.1) is 6.54 Å². The Morgan fingerprint density at radius 3 is 2.46 bits per heavy atom. The first kappa shape index (κ1) is 19.8. The van der Waals surface area contributed by atoms with Crippen molar-refractivity contribution < 1.29 is 4.74 Å². The topological polar surface area (TPSA) is 48.9 Å². The summed E-state index contributed by atoms with van der Waals surface area (Å²) in [6.45, 7) is 5.02. The van der Waals surface area contributed by atoms with Crippen LogP contribution in [0.25, 0.3) is 0 Å². The zero-order valence-electron chi connectivity index (χ0n) is 16.2. The van der Waals surface area contributed by atoms with Gasteiger partial charge in [0, 0.05) is 20.1 Å². The van der Waals surface area contributed by atoms with Gasteiger partial charge in [0.2, 0.25) is 0 Å². The number of hydrogen-bond acceptors (Lipinski definition) is 3. The molecular weight excluding hydrogens is 324 g/mol. The Balaban J connectivity index is 1.73. The third-order valence-corrected chi connectivity index (χ3v) is 3.86. The second kappa shape index (κ2) is 10.5. The molecule has 5 nitrogen and oxygen atoms in total. The van der Waals surface area contributed by atoms with Crippen molar-refractivity contribution in [2.45, 2.75) is 20.0 Å². The molecule has 0 spiro atoms. The molecule has 0 heterocycles. The Morgan fingerprint density at radius 1 is 1.04 bits per heavy atom. The van der Waals surface area contributed by atoms with Crippen molar-refractivity contribution in [2.75, 3.05) is 34.3 Å². The monoisotopic (exact) mass is 354 g/mol. The number of hydrogen-bond donors (Lipinski definition) is 2. The molecular formula is C21H30N4O. The quantitative estimate of drug-likeness (QED) is 0.435. The lowest BCUT2D eigenvalue weighted by Crippen LogP contribution is -2.38. The van der Waals surface area contributed by atoms with Crippen LogP contribution in [0.4, 0.5) is 0 Å². The maximum atomic E-state index is 5.72. The van der Waals surface area contributed by atoms with Gasteiger partial charge in [-0.25, -0.2) is 0 Å². The maximum Gasteiger partial charge on any atom is 0.191 e. The van der Waals surface area contributed by atoms with E-state index in [0.29, 0.717) is 13.2 Å². The van der Waals surface area contributed by atoms with Crippen molar-refractivity contribution in [2.24, 2.45) is 4.99 Å². The van der Waals surface area contributed by atoms with E-state index < -0.39 is 0 Å². The summed E-state index contributed by atoms with van der Waals surface area (Å²) in [7, 11) is 5.93. The van der Waals surface area contributed by atoms with E-state index in [-0.39, 0.29) is 0 Å². The van der Waals surface area contributed by atoms with Gasteiger partial charge in [-0.1, -0.05) is 42.0 Å². The van der Waals surface area contributed by atoms with E-state index in [1.54, 1.807) is 7.05 Å². The predicted octanol–water partition coefficient (Wildman–Crippen LogP) is 2.80. The smallest absolute Gasteiger partial charge is 0.191 e. The van der Waals surface area contributed by atoms with Crippen molar-refractivity contribution in [3.8, 4) is 5.75 Å². The van der Waals surface area contributed by atoms with Crippen LogP contribution in [0.3, 0.4) is 0 Å². The summed E-state index contributed by atoms with van der Waals surface area (Å²) >= 11 is 0. The highest BCUT2D eigenvalue weighted by atomic mass is 16.5. The predicted molar refractivity (Wildman–Crippen MR) is 109 cm³/mol. The average Bonchev–Trinajstić information content (AvgIpc) is 2.62. The molecule has 0 saturated heterocycles. The third-order valence-electron chi connectivity index (χ3n) is 3.86. The van der Waals surface area contributed by atoms with Gasteiger partial charge in [0.1, 0.15) is 12.4 Å². The van der Waals surface area contributed by atoms with Crippen molar-refractivity contribution in [3.05, 3.63) is 65.2 Å². The zero-order chi connectivity index (χ0) is 18.8. The standard InChI is InChI=1S/C21H30N4O/c1-17-8-10-20(11-9-17)26-13-12-23-21(22-2)24-15-18-6-5-7-19(14-18)16-25(3)4/h5-11,14H,12-13,15-16H2,1-4H3,(H2,22,23,24). The van der Waals surface area contributed by atoms with Crippen LogP contribution >= 0.6 is 0 Å². The maximum absolute atomic E-state index is 5.72. The first-order valence-corrected chi connectivity index (χ1v) is 8.93. The molecule has 0 bridgehead atoms. The number of benzene rings is 2. The molecule has 2 rings (SSSR count). The van der Waals surface area contributed by atoms with E-state index in [2.05, 4.69) is 65.8 Å². The summed E-state index contributed by atoms with van der Waals surface area (Å²) in [5.74, 6) is 1.66. The molecule has 140 valence electrons. The highest BCUT2D eigenvalue weighted by Crippen LogP contribution is 2.10. The van der Waals surface area contributed by atoms with Crippen LogP contribution in [0.2, 0.25) is 0 Å². The summed E-state index contributed by atoms with van der Waals surface area (Å²) in [5.41, 5.74) is 3.78. The SMILES string of the molecule is CN=C(NCCOc1ccc(C)cc1)NCc1cccc(CN(C)C)c1. The Labute approximate surface area is 157 Å². The third kappa shape index (κ3) is 7.15. The summed E-state index contributed by atoms with van der Waals surface area (Å²) in [4.78, 5) is 6.43. The Kier molecular flexibility index (Phi) is 7.96. The van der Waals surface area contributed by atoms with E-state index >= 15 is 0 Å². The first-order valence-electron chi connectivity index (χ1n) is 8.93. The first-order chi connectivity index (χ1) is 12.6. The molecule has 0 saturated carbocycles. The van der Waals surface area contributed by atoms with Crippen molar-refractivity contribution >= 4 is 5.96 Å². The Hall–Kier alpha value is -2.53. The summed E-state index contributed by atoms with van der Waals surface area (Å²) in [6.07, 6.45) is 0. The molecule has 0 atom stereocenters. The molecule has 0 amide bonds. The number of nitrogens with zero attached hydrogens (tertiary/aromatic N) is 2. The second-order valence-corrected chi connectivity index (χ2v) is 6.57. The normalized spacial score (nSPS) is 11.5. The van der Waals surface area contributed by atoms with E-state index in [9.17, 15) is 0 Å². The molecule has 0 radical (unpaired) electrons. The van der Waals surface area contributed by atoms with Crippen LogP contribution in [0.1, 0.15) is 16.7 Å². The van der Waals surface area contributed by atoms with E-state index in [0.717, 1.165) is 24.8 Å². The molecule has 2 aromatic carbocycles. The van der Waals surface area contributed by atoms with Crippen LogP contribution < -0.4 is 15.4 Å². The van der Waals surface area contributed by atoms with Gasteiger partial charge in [-0.15, -0.1) is 0 Å². The number of aliphatic imine (C=N–C) groups is 1. The molecule has 0 unspecified atom stereocenters. The summed E-state index contributed by atoms with van der Waals surface area (Å²) in [5, 5.41) is 6.62. The Morgan fingerprint density at radius 2 is 1.77 bits per heavy atom. The number of ether oxygens (including phenoxy) is 1. The van der Waals surface area contributed by atoms with Crippen LogP contribution in [-0.2, 0) is 13.1 Å². The van der Waals surface area contributed by atoms with E-state index in [1.165, 1.54) is 16.7 Å². The molecule has 0 aromatic heterocycles. The van der Waals surface area contributed by atoms with Gasteiger partial charge in [-0.3, -0.25) is 4.99 Å². The zero-order valence-corrected chi connectivity index (χ0v) is 16.2. The fourth-order valence-corrected chi connectivity index (χ4v) is 2.58. The van der Waals surface area contributed by atoms with Gasteiger partial charge in [-0.05, 0) is 44.3 Å². The minimum atomic E-state index is 0.585. The van der Waals surface area contributed by atoms with Crippen LogP contribution in [-0.4, -0.2) is 45.2 Å². The largest absolute Gasteiger partial charge is 0.492 e. The number of nitrogens with one attached hydrogen (secondary N) is 2. The van der Waals surface area contributed by atoms with Crippen molar-refractivity contribution in [3.63, 3.8) is 0 Å². The Bertz CT molecular complexity index is 695. The molecule has 0 fully saturated rings. The van der Waals surface area contributed by atoms with Gasteiger partial charge in [-0.2, -0.15) is 0 Å². The second-order valence-electron chi connectivity index (χ2n) is 6.57. The van der Waals surface area contributed by atoms with Crippen molar-refractivity contribution in [1.82, 2.24) is 15.5 Å². The van der Waals surface area contributed by atoms with Crippen molar-refractivity contribution in [1.29, 1.82) is 0 Å². The average molecular weight is 354 g/mol. The summed E-state index contributed by atoms with van der Waals surface area (Å²) < 4.78 is 5.72. The molecule has 0 aliphatic carbocycles. The molecule has 2 aromatic rings. The molecule has 5 heteroatoms. The van der Waals surface area contributed by atoms with Gasteiger partial charge in [0.15, 0.2) is 5.96 Å². The van der Waals surface area contributed by atoms with E-state index in [1.807, 2.05) is 24.3 Å². The lowest BCUT2D eigenvalue weighted by Gasteiger charge is -2.14. The number of guanidine groups is 1. The van der Waals surface area contributed by atoms with Gasteiger partial charge in [0.25, 0.3) is 0 Å².